The maximum atomic E-state index is 13.3. The highest BCUT2D eigenvalue weighted by molar-refractivity contribution is 5.96. The van der Waals surface area contributed by atoms with E-state index < -0.39 is 34.8 Å². The van der Waals surface area contributed by atoms with Gasteiger partial charge in [0, 0.05) is 12.8 Å². The Morgan fingerprint density at radius 2 is 1.79 bits per heavy atom. The molecule has 0 amide bonds. The van der Waals surface area contributed by atoms with Crippen LogP contribution < -0.4 is 0 Å². The van der Waals surface area contributed by atoms with E-state index in [-0.39, 0.29) is 25.9 Å². The summed E-state index contributed by atoms with van der Waals surface area (Å²) < 4.78 is 43.6. The first-order valence-electron chi connectivity index (χ1n) is 5.79. The molecule has 0 atom stereocenters. The van der Waals surface area contributed by atoms with Gasteiger partial charge in [-0.05, 0) is 25.5 Å². The minimum absolute atomic E-state index is 0.0187. The molecular weight excluding hydrogens is 261 g/mol. The van der Waals surface area contributed by atoms with Crippen LogP contribution >= 0.6 is 0 Å². The first-order valence-corrected chi connectivity index (χ1v) is 5.79. The van der Waals surface area contributed by atoms with E-state index in [0.29, 0.717) is 6.07 Å². The van der Waals surface area contributed by atoms with Crippen LogP contribution in [-0.2, 0) is 9.53 Å². The Balaban J connectivity index is 2.60. The van der Waals surface area contributed by atoms with E-state index in [1.54, 1.807) is 6.92 Å². The van der Waals surface area contributed by atoms with Crippen molar-refractivity contribution in [3.05, 3.63) is 35.1 Å². The lowest BCUT2D eigenvalue weighted by Crippen LogP contribution is -2.08. The molecule has 0 N–H and O–H groups in total. The third kappa shape index (κ3) is 4.08. The average Bonchev–Trinajstić information content (AvgIpc) is 2.36. The second-order valence-corrected chi connectivity index (χ2v) is 3.80. The fourth-order valence-electron chi connectivity index (χ4n) is 1.50. The molecule has 104 valence electrons. The van der Waals surface area contributed by atoms with Gasteiger partial charge in [-0.25, -0.2) is 13.2 Å². The Labute approximate surface area is 108 Å². The summed E-state index contributed by atoms with van der Waals surface area (Å²) >= 11 is 0. The second kappa shape index (κ2) is 6.92. The van der Waals surface area contributed by atoms with Gasteiger partial charge >= 0.3 is 5.97 Å². The predicted molar refractivity (Wildman–Crippen MR) is 61.1 cm³/mol. The number of ketones is 1. The molecule has 0 saturated carbocycles. The summed E-state index contributed by atoms with van der Waals surface area (Å²) in [7, 11) is 0. The molecular formula is C13H13F3O3. The SMILES string of the molecule is CCOC(=O)CCCC(=O)c1ccc(F)c(F)c1F. The smallest absolute Gasteiger partial charge is 0.305 e. The highest BCUT2D eigenvalue weighted by Crippen LogP contribution is 2.17. The highest BCUT2D eigenvalue weighted by atomic mass is 19.2. The molecule has 3 nitrogen and oxygen atoms in total. The molecule has 0 radical (unpaired) electrons. The zero-order valence-electron chi connectivity index (χ0n) is 10.3. The van der Waals surface area contributed by atoms with Crippen LogP contribution in [0.15, 0.2) is 12.1 Å². The maximum Gasteiger partial charge on any atom is 0.305 e. The largest absolute Gasteiger partial charge is 0.466 e. The lowest BCUT2D eigenvalue weighted by atomic mass is 10.0. The maximum absolute atomic E-state index is 13.3. The van der Waals surface area contributed by atoms with Crippen molar-refractivity contribution in [1.29, 1.82) is 0 Å². The van der Waals surface area contributed by atoms with Crippen LogP contribution in [0.5, 0.6) is 0 Å². The lowest BCUT2D eigenvalue weighted by molar-refractivity contribution is -0.143. The van der Waals surface area contributed by atoms with Crippen molar-refractivity contribution in [1.82, 2.24) is 0 Å². The quantitative estimate of drug-likeness (QED) is 0.455. The molecule has 0 aliphatic heterocycles. The van der Waals surface area contributed by atoms with Crippen molar-refractivity contribution in [2.24, 2.45) is 0 Å². The van der Waals surface area contributed by atoms with Gasteiger partial charge in [-0.2, -0.15) is 0 Å². The molecule has 19 heavy (non-hydrogen) atoms. The minimum atomic E-state index is -1.67. The second-order valence-electron chi connectivity index (χ2n) is 3.80. The molecule has 1 aromatic carbocycles. The number of Topliss-reactive ketones (excluding diaryl/α,β-unsaturated/α-hetero) is 1. The topological polar surface area (TPSA) is 43.4 Å². The summed E-state index contributed by atoms with van der Waals surface area (Å²) in [5, 5.41) is 0. The zero-order chi connectivity index (χ0) is 14.4. The van der Waals surface area contributed by atoms with E-state index >= 15 is 0 Å². The molecule has 0 fully saturated rings. The third-order valence-corrected chi connectivity index (χ3v) is 2.43. The molecule has 0 heterocycles. The summed E-state index contributed by atoms with van der Waals surface area (Å²) in [6.07, 6.45) is 0.0434. The van der Waals surface area contributed by atoms with Crippen molar-refractivity contribution in [2.45, 2.75) is 26.2 Å². The van der Waals surface area contributed by atoms with Crippen molar-refractivity contribution >= 4 is 11.8 Å². The monoisotopic (exact) mass is 274 g/mol. The number of carbonyl (C=O) groups is 2. The molecule has 0 aromatic heterocycles. The Morgan fingerprint density at radius 1 is 1.11 bits per heavy atom. The molecule has 6 heteroatoms. The van der Waals surface area contributed by atoms with Crippen LogP contribution in [0, 0.1) is 17.5 Å². The van der Waals surface area contributed by atoms with Gasteiger partial charge < -0.3 is 4.74 Å². The van der Waals surface area contributed by atoms with Crippen molar-refractivity contribution in [3.63, 3.8) is 0 Å². The Kier molecular flexibility index (Phi) is 5.54. The first-order chi connectivity index (χ1) is 8.97. The van der Waals surface area contributed by atoms with Gasteiger partial charge in [-0.15, -0.1) is 0 Å². The molecule has 1 aromatic rings. The van der Waals surface area contributed by atoms with Crippen LogP contribution in [0.2, 0.25) is 0 Å². The number of esters is 1. The van der Waals surface area contributed by atoms with Crippen LogP contribution in [0.25, 0.3) is 0 Å². The fourth-order valence-corrected chi connectivity index (χ4v) is 1.50. The summed E-state index contributed by atoms with van der Waals surface area (Å²) in [4.78, 5) is 22.6. The Bertz CT molecular complexity index is 486. The summed E-state index contributed by atoms with van der Waals surface area (Å²) in [5.41, 5.74) is -0.511. The Hall–Kier alpha value is -1.85. The molecule has 0 aliphatic rings. The van der Waals surface area contributed by atoms with Crippen LogP contribution in [0.3, 0.4) is 0 Å². The van der Waals surface area contributed by atoms with E-state index in [9.17, 15) is 22.8 Å². The predicted octanol–water partition coefficient (Wildman–Crippen LogP) is 3.02. The third-order valence-electron chi connectivity index (χ3n) is 2.43. The number of benzene rings is 1. The number of halogens is 3. The molecule has 1 rings (SSSR count). The molecule has 0 aliphatic carbocycles. The summed E-state index contributed by atoms with van der Waals surface area (Å²) in [6, 6.07) is 1.58. The van der Waals surface area contributed by atoms with Crippen LogP contribution in [-0.4, -0.2) is 18.4 Å². The van der Waals surface area contributed by atoms with Gasteiger partial charge in [-0.3, -0.25) is 9.59 Å². The molecule has 0 bridgehead atoms. The highest BCUT2D eigenvalue weighted by Gasteiger charge is 2.18. The van der Waals surface area contributed by atoms with E-state index in [4.69, 9.17) is 0 Å². The molecule has 0 saturated heterocycles. The molecule has 0 spiro atoms. The van der Waals surface area contributed by atoms with Gasteiger partial charge in [-0.1, -0.05) is 0 Å². The zero-order valence-corrected chi connectivity index (χ0v) is 10.3. The van der Waals surface area contributed by atoms with Crippen LogP contribution in [0.1, 0.15) is 36.5 Å². The Morgan fingerprint density at radius 3 is 2.42 bits per heavy atom. The van der Waals surface area contributed by atoms with E-state index in [1.807, 2.05) is 0 Å². The number of hydrogen-bond acceptors (Lipinski definition) is 3. The summed E-state index contributed by atoms with van der Waals surface area (Å²) in [6.45, 7) is 1.89. The summed E-state index contributed by atoms with van der Waals surface area (Å²) in [5.74, 6) is -5.65. The molecule has 0 unspecified atom stereocenters. The average molecular weight is 274 g/mol. The van der Waals surface area contributed by atoms with Gasteiger partial charge in [0.25, 0.3) is 0 Å². The standard InChI is InChI=1S/C13H13F3O3/c1-2-19-11(18)5-3-4-10(17)8-6-7-9(14)13(16)12(8)15/h6-7H,2-5H2,1H3. The van der Waals surface area contributed by atoms with E-state index in [2.05, 4.69) is 4.74 Å². The number of hydrogen-bond donors (Lipinski definition) is 0. The lowest BCUT2D eigenvalue weighted by Gasteiger charge is -2.04. The van der Waals surface area contributed by atoms with E-state index in [1.165, 1.54) is 0 Å². The van der Waals surface area contributed by atoms with Crippen molar-refractivity contribution < 1.29 is 27.5 Å². The van der Waals surface area contributed by atoms with Crippen molar-refractivity contribution in [2.75, 3.05) is 6.61 Å². The number of rotatable bonds is 6. The normalized spacial score (nSPS) is 10.3. The van der Waals surface area contributed by atoms with Gasteiger partial charge in [0.15, 0.2) is 23.2 Å². The number of carbonyl (C=O) groups excluding carboxylic acids is 2. The minimum Gasteiger partial charge on any atom is -0.466 e. The van der Waals surface area contributed by atoms with Crippen molar-refractivity contribution in [3.8, 4) is 0 Å². The first kappa shape index (κ1) is 15.2. The van der Waals surface area contributed by atoms with E-state index in [0.717, 1.165) is 6.07 Å². The van der Waals surface area contributed by atoms with Crippen LogP contribution in [0.4, 0.5) is 13.2 Å². The van der Waals surface area contributed by atoms with Gasteiger partial charge in [0.05, 0.1) is 12.2 Å². The number of ether oxygens (including phenoxy) is 1. The van der Waals surface area contributed by atoms with Gasteiger partial charge in [0.1, 0.15) is 0 Å². The van der Waals surface area contributed by atoms with Gasteiger partial charge in [0.2, 0.25) is 0 Å². The fraction of sp³-hybridized carbons (Fsp3) is 0.385.